The van der Waals surface area contributed by atoms with Crippen molar-refractivity contribution in [3.63, 3.8) is 0 Å². The topological polar surface area (TPSA) is 35.6 Å². The van der Waals surface area contributed by atoms with Gasteiger partial charge in [-0.2, -0.15) is 0 Å². The van der Waals surface area contributed by atoms with Gasteiger partial charge in [-0.15, -0.1) is 11.3 Å². The van der Waals surface area contributed by atoms with E-state index < -0.39 is 0 Å². The highest BCUT2D eigenvalue weighted by molar-refractivity contribution is 7.26. The van der Waals surface area contributed by atoms with Crippen LogP contribution in [-0.4, -0.2) is 19.1 Å². The minimum Gasteiger partial charge on any atom is -0.309 e. The standard InChI is InChI=1S/C58H36N4S/c1-5-19-37(20-6-1)45-36-51(62-48-30-16-13-27-41(48)42-33-34-50-53(56(42)62)43-28-14-17-31-49(43)61(50)40-25-11-4-12-26-40)46(38-21-7-2-8-22-38)35-47(45)55-57-54(44-29-15-18-32-52(44)63-57)59-58(60-55)39-23-9-3-10-24-39/h1-36H. The zero-order valence-corrected chi connectivity index (χ0v) is 34.8. The van der Waals surface area contributed by atoms with Crippen molar-refractivity contribution in [1.82, 2.24) is 19.1 Å². The van der Waals surface area contributed by atoms with Crippen LogP contribution >= 0.6 is 11.3 Å². The molecule has 0 fully saturated rings. The Morgan fingerprint density at radius 1 is 0.381 bits per heavy atom. The Labute approximate surface area is 367 Å². The maximum Gasteiger partial charge on any atom is 0.160 e. The van der Waals surface area contributed by atoms with Gasteiger partial charge in [0.1, 0.15) is 0 Å². The quantitative estimate of drug-likeness (QED) is 0.167. The molecule has 0 amide bonds. The lowest BCUT2D eigenvalue weighted by molar-refractivity contribution is 1.17. The SMILES string of the molecule is c1ccc(-c2nc(-c3cc(-c4ccccc4)c(-n4c5ccccc5c5ccc6c(c7ccccc7n6-c6ccccc6)c54)cc3-c3ccccc3)c3sc4ccccc4c3n2)cc1. The normalized spacial score (nSPS) is 11.8. The van der Waals surface area contributed by atoms with Gasteiger partial charge < -0.3 is 9.13 Å². The van der Waals surface area contributed by atoms with Gasteiger partial charge in [-0.3, -0.25) is 0 Å². The summed E-state index contributed by atoms with van der Waals surface area (Å²) >= 11 is 1.77. The third-order valence-corrected chi connectivity index (χ3v) is 13.7. The Kier molecular flexibility index (Phi) is 8.05. The van der Waals surface area contributed by atoms with Crippen molar-refractivity contribution in [3.8, 4) is 56.3 Å². The second-order valence-electron chi connectivity index (χ2n) is 16.1. The predicted octanol–water partition coefficient (Wildman–Crippen LogP) is 15.7. The largest absolute Gasteiger partial charge is 0.309 e. The molecule has 0 atom stereocenters. The van der Waals surface area contributed by atoms with Crippen LogP contribution in [0.15, 0.2) is 218 Å². The molecule has 0 N–H and O–H groups in total. The van der Waals surface area contributed by atoms with E-state index in [9.17, 15) is 0 Å². The summed E-state index contributed by atoms with van der Waals surface area (Å²) in [6.45, 7) is 0. The molecule has 294 valence electrons. The molecule has 0 aliphatic heterocycles. The zero-order valence-electron chi connectivity index (χ0n) is 34.0. The minimum atomic E-state index is 0.714. The molecule has 4 heterocycles. The zero-order chi connectivity index (χ0) is 41.4. The van der Waals surface area contributed by atoms with E-state index in [1.54, 1.807) is 11.3 Å². The number of nitrogens with zero attached hydrogens (tertiary/aromatic N) is 4. The smallest absolute Gasteiger partial charge is 0.160 e. The van der Waals surface area contributed by atoms with Crippen molar-refractivity contribution in [2.75, 3.05) is 0 Å². The van der Waals surface area contributed by atoms with E-state index in [-0.39, 0.29) is 0 Å². The van der Waals surface area contributed by atoms with Gasteiger partial charge in [0.15, 0.2) is 5.82 Å². The molecular weight excluding hydrogens is 785 g/mol. The van der Waals surface area contributed by atoms with E-state index in [1.807, 2.05) is 6.07 Å². The maximum atomic E-state index is 5.55. The van der Waals surface area contributed by atoms with Crippen molar-refractivity contribution in [2.24, 2.45) is 0 Å². The molecule has 0 unspecified atom stereocenters. The van der Waals surface area contributed by atoms with Gasteiger partial charge in [0, 0.05) is 54.0 Å². The van der Waals surface area contributed by atoms with Crippen LogP contribution in [0.3, 0.4) is 0 Å². The lowest BCUT2D eigenvalue weighted by atomic mass is 9.91. The van der Waals surface area contributed by atoms with Crippen molar-refractivity contribution in [3.05, 3.63) is 218 Å². The molecule has 4 aromatic heterocycles. The highest BCUT2D eigenvalue weighted by Crippen LogP contribution is 2.48. The molecule has 63 heavy (non-hydrogen) atoms. The fourth-order valence-electron chi connectivity index (χ4n) is 9.78. The maximum absolute atomic E-state index is 5.55. The van der Waals surface area contributed by atoms with Crippen LogP contribution in [-0.2, 0) is 0 Å². The summed E-state index contributed by atoms with van der Waals surface area (Å²) in [6.07, 6.45) is 0. The molecule has 13 rings (SSSR count). The van der Waals surface area contributed by atoms with Crippen LogP contribution in [0.2, 0.25) is 0 Å². The van der Waals surface area contributed by atoms with Gasteiger partial charge in [-0.05, 0) is 65.2 Å². The Balaban J connectivity index is 1.21. The molecule has 5 heteroatoms. The van der Waals surface area contributed by atoms with Crippen LogP contribution in [0, 0.1) is 0 Å². The number of thiophene rings is 1. The molecule has 0 radical (unpaired) electrons. The monoisotopic (exact) mass is 820 g/mol. The first-order valence-electron chi connectivity index (χ1n) is 21.3. The number of rotatable bonds is 6. The van der Waals surface area contributed by atoms with E-state index in [1.165, 1.54) is 42.8 Å². The van der Waals surface area contributed by atoms with Crippen molar-refractivity contribution in [2.45, 2.75) is 0 Å². The van der Waals surface area contributed by atoms with E-state index in [0.717, 1.165) is 71.6 Å². The lowest BCUT2D eigenvalue weighted by Crippen LogP contribution is -2.02. The number of para-hydroxylation sites is 3. The third kappa shape index (κ3) is 5.53. The average molecular weight is 821 g/mol. The summed E-state index contributed by atoms with van der Waals surface area (Å²) in [4.78, 5) is 10.8. The van der Waals surface area contributed by atoms with Gasteiger partial charge in [-0.25, -0.2) is 9.97 Å². The fraction of sp³-hybridized carbons (Fsp3) is 0. The van der Waals surface area contributed by atoms with Gasteiger partial charge in [0.25, 0.3) is 0 Å². The first kappa shape index (κ1) is 35.6. The first-order valence-corrected chi connectivity index (χ1v) is 22.2. The molecule has 13 aromatic rings. The number of fused-ring (bicyclic) bond motifs is 10. The Morgan fingerprint density at radius 2 is 0.952 bits per heavy atom. The third-order valence-electron chi connectivity index (χ3n) is 12.5. The highest BCUT2D eigenvalue weighted by atomic mass is 32.1. The van der Waals surface area contributed by atoms with Crippen molar-refractivity contribution < 1.29 is 0 Å². The van der Waals surface area contributed by atoms with Gasteiger partial charge in [-0.1, -0.05) is 170 Å². The van der Waals surface area contributed by atoms with E-state index in [4.69, 9.17) is 9.97 Å². The number of aromatic nitrogens is 4. The van der Waals surface area contributed by atoms with Crippen LogP contribution in [0.1, 0.15) is 0 Å². The van der Waals surface area contributed by atoms with E-state index in [2.05, 4.69) is 221 Å². The molecule has 0 bridgehead atoms. The van der Waals surface area contributed by atoms with Gasteiger partial charge in [0.05, 0.1) is 43.7 Å². The average Bonchev–Trinajstić information content (AvgIpc) is 4.02. The second kappa shape index (κ2) is 14.2. The number of benzene rings is 9. The number of hydrogen-bond acceptors (Lipinski definition) is 3. The van der Waals surface area contributed by atoms with Crippen LogP contribution in [0.4, 0.5) is 0 Å². The molecule has 9 aromatic carbocycles. The molecule has 0 aliphatic carbocycles. The predicted molar refractivity (Wildman–Crippen MR) is 265 cm³/mol. The van der Waals surface area contributed by atoms with E-state index >= 15 is 0 Å². The molecule has 4 nitrogen and oxygen atoms in total. The van der Waals surface area contributed by atoms with Crippen molar-refractivity contribution in [1.29, 1.82) is 0 Å². The summed E-state index contributed by atoms with van der Waals surface area (Å²) in [5.74, 6) is 0.714. The highest BCUT2D eigenvalue weighted by Gasteiger charge is 2.26. The molecule has 0 saturated carbocycles. The second-order valence-corrected chi connectivity index (χ2v) is 17.1. The van der Waals surface area contributed by atoms with Crippen LogP contribution in [0.25, 0.3) is 120 Å². The summed E-state index contributed by atoms with van der Waals surface area (Å²) in [5.41, 5.74) is 15.3. The van der Waals surface area contributed by atoms with Gasteiger partial charge in [0.2, 0.25) is 0 Å². The Hall–Kier alpha value is -8.12. The summed E-state index contributed by atoms with van der Waals surface area (Å²) in [5, 5.41) is 6.01. The molecule has 0 aliphatic rings. The lowest BCUT2D eigenvalue weighted by Gasteiger charge is -2.20. The van der Waals surface area contributed by atoms with E-state index in [0.29, 0.717) is 5.82 Å². The molecule has 0 saturated heterocycles. The Morgan fingerprint density at radius 3 is 1.67 bits per heavy atom. The van der Waals surface area contributed by atoms with Gasteiger partial charge >= 0.3 is 0 Å². The first-order chi connectivity index (χ1) is 31.3. The summed E-state index contributed by atoms with van der Waals surface area (Å²) < 4.78 is 7.22. The summed E-state index contributed by atoms with van der Waals surface area (Å²) in [7, 11) is 0. The van der Waals surface area contributed by atoms with Crippen LogP contribution in [0.5, 0.6) is 0 Å². The molecule has 0 spiro atoms. The number of hydrogen-bond donors (Lipinski definition) is 0. The Bertz CT molecular complexity index is 3890. The minimum absolute atomic E-state index is 0.714. The summed E-state index contributed by atoms with van der Waals surface area (Å²) in [6, 6.07) is 78.6. The fourth-order valence-corrected chi connectivity index (χ4v) is 10.9. The molecular formula is C58H36N4S. The van der Waals surface area contributed by atoms with Crippen LogP contribution < -0.4 is 0 Å². The van der Waals surface area contributed by atoms with Crippen molar-refractivity contribution >= 4 is 75.3 Å².